The summed E-state index contributed by atoms with van der Waals surface area (Å²) in [5.41, 5.74) is 3.55. The van der Waals surface area contributed by atoms with E-state index in [-0.39, 0.29) is 0 Å². The molecule has 18 heavy (non-hydrogen) atoms. The molecule has 2 nitrogen and oxygen atoms in total. The quantitative estimate of drug-likeness (QED) is 0.819. The summed E-state index contributed by atoms with van der Waals surface area (Å²) < 4.78 is 0. The zero-order valence-corrected chi connectivity index (χ0v) is 11.1. The van der Waals surface area contributed by atoms with Crippen molar-refractivity contribution in [2.45, 2.75) is 25.9 Å². The van der Waals surface area contributed by atoms with Crippen LogP contribution in [0.25, 0.3) is 0 Å². The Hall–Kier alpha value is -1.79. The van der Waals surface area contributed by atoms with Crippen LogP contribution in [0.1, 0.15) is 22.9 Å². The molecule has 0 saturated heterocycles. The minimum Gasteiger partial charge on any atom is -0.363 e. The molecule has 0 unspecified atom stereocenters. The smallest absolute Gasteiger partial charge is 0.100 e. The number of nitrogens with zero attached hydrogens (tertiary/aromatic N) is 2. The monoisotopic (exact) mass is 254 g/mol. The number of thiophene rings is 1. The third-order valence-electron chi connectivity index (χ3n) is 3.46. The first kappa shape index (κ1) is 11.3. The summed E-state index contributed by atoms with van der Waals surface area (Å²) in [4.78, 5) is 3.69. The summed E-state index contributed by atoms with van der Waals surface area (Å²) in [5, 5.41) is 10.8. The van der Waals surface area contributed by atoms with Gasteiger partial charge in [0, 0.05) is 22.0 Å². The van der Waals surface area contributed by atoms with Crippen molar-refractivity contribution in [1.29, 1.82) is 5.26 Å². The van der Waals surface area contributed by atoms with E-state index in [0.717, 1.165) is 18.5 Å². The topological polar surface area (TPSA) is 27.0 Å². The van der Waals surface area contributed by atoms with E-state index < -0.39 is 0 Å². The SMILES string of the molecule is C[C@H]1Cc2ccccc2N1Cc1cc(C#N)cs1. The number of para-hydroxylation sites is 1. The van der Waals surface area contributed by atoms with Crippen molar-refractivity contribution in [3.63, 3.8) is 0 Å². The Morgan fingerprint density at radius 3 is 3.06 bits per heavy atom. The molecule has 3 rings (SSSR count). The number of nitriles is 1. The maximum absolute atomic E-state index is 8.86. The molecule has 0 amide bonds. The van der Waals surface area contributed by atoms with E-state index in [2.05, 4.69) is 42.2 Å². The highest BCUT2D eigenvalue weighted by Gasteiger charge is 2.25. The van der Waals surface area contributed by atoms with Crippen molar-refractivity contribution in [2.24, 2.45) is 0 Å². The van der Waals surface area contributed by atoms with Gasteiger partial charge in [0.15, 0.2) is 0 Å². The Morgan fingerprint density at radius 1 is 1.44 bits per heavy atom. The second kappa shape index (κ2) is 4.47. The summed E-state index contributed by atoms with van der Waals surface area (Å²) in [7, 11) is 0. The van der Waals surface area contributed by atoms with Crippen molar-refractivity contribution in [3.8, 4) is 6.07 Å². The number of hydrogen-bond donors (Lipinski definition) is 0. The van der Waals surface area contributed by atoms with Gasteiger partial charge in [-0.15, -0.1) is 11.3 Å². The fraction of sp³-hybridized carbons (Fsp3) is 0.267. The van der Waals surface area contributed by atoms with E-state index in [1.54, 1.807) is 11.3 Å². The van der Waals surface area contributed by atoms with Crippen LogP contribution < -0.4 is 4.90 Å². The van der Waals surface area contributed by atoms with Gasteiger partial charge in [-0.25, -0.2) is 0 Å². The summed E-state index contributed by atoms with van der Waals surface area (Å²) in [6.07, 6.45) is 1.12. The van der Waals surface area contributed by atoms with Gasteiger partial charge >= 0.3 is 0 Å². The van der Waals surface area contributed by atoms with Gasteiger partial charge in [0.2, 0.25) is 0 Å². The fourth-order valence-electron chi connectivity index (χ4n) is 2.56. The predicted octanol–water partition coefficient (Wildman–Crippen LogP) is 3.57. The molecular formula is C15H14N2S. The van der Waals surface area contributed by atoms with Crippen LogP contribution in [0.4, 0.5) is 5.69 Å². The normalized spacial score (nSPS) is 17.6. The van der Waals surface area contributed by atoms with Crippen molar-refractivity contribution in [1.82, 2.24) is 0 Å². The zero-order chi connectivity index (χ0) is 12.5. The zero-order valence-electron chi connectivity index (χ0n) is 10.3. The van der Waals surface area contributed by atoms with Crippen LogP contribution >= 0.6 is 11.3 Å². The lowest BCUT2D eigenvalue weighted by atomic mass is 10.1. The summed E-state index contributed by atoms with van der Waals surface area (Å²) >= 11 is 1.67. The van der Waals surface area contributed by atoms with Gasteiger partial charge in [-0.05, 0) is 31.0 Å². The van der Waals surface area contributed by atoms with Crippen LogP contribution in [0.2, 0.25) is 0 Å². The molecule has 0 radical (unpaired) electrons. The van der Waals surface area contributed by atoms with E-state index in [4.69, 9.17) is 5.26 Å². The summed E-state index contributed by atoms with van der Waals surface area (Å²) in [6.45, 7) is 3.17. The van der Waals surface area contributed by atoms with Gasteiger partial charge in [-0.2, -0.15) is 5.26 Å². The van der Waals surface area contributed by atoms with E-state index in [0.29, 0.717) is 6.04 Å². The Balaban J connectivity index is 1.87. The molecule has 1 aromatic carbocycles. The van der Waals surface area contributed by atoms with Gasteiger partial charge in [0.1, 0.15) is 6.07 Å². The van der Waals surface area contributed by atoms with Crippen LogP contribution in [0.5, 0.6) is 0 Å². The number of fused-ring (bicyclic) bond motifs is 1. The molecule has 1 aromatic heterocycles. The second-order valence-electron chi connectivity index (χ2n) is 4.72. The lowest BCUT2D eigenvalue weighted by Crippen LogP contribution is -2.28. The molecule has 3 heteroatoms. The van der Waals surface area contributed by atoms with Gasteiger partial charge < -0.3 is 4.90 Å². The number of hydrogen-bond acceptors (Lipinski definition) is 3. The van der Waals surface area contributed by atoms with E-state index in [9.17, 15) is 0 Å². The van der Waals surface area contributed by atoms with Crippen molar-refractivity contribution < 1.29 is 0 Å². The Bertz CT molecular complexity index is 609. The standard InChI is InChI=1S/C15H14N2S/c1-11-6-13-4-2-3-5-15(13)17(11)9-14-7-12(8-16)10-18-14/h2-5,7,10-11H,6,9H2,1H3/t11-/m0/s1. The maximum atomic E-state index is 8.86. The lowest BCUT2D eigenvalue weighted by molar-refractivity contribution is 0.676. The first-order chi connectivity index (χ1) is 8.78. The largest absolute Gasteiger partial charge is 0.363 e. The minimum atomic E-state index is 0.537. The minimum absolute atomic E-state index is 0.537. The number of rotatable bonds is 2. The highest BCUT2D eigenvalue weighted by molar-refractivity contribution is 7.10. The van der Waals surface area contributed by atoms with Gasteiger partial charge in [0.25, 0.3) is 0 Å². The van der Waals surface area contributed by atoms with Crippen LogP contribution in [0.3, 0.4) is 0 Å². The third-order valence-corrected chi connectivity index (χ3v) is 4.38. The highest BCUT2D eigenvalue weighted by Crippen LogP contribution is 2.33. The van der Waals surface area contributed by atoms with Gasteiger partial charge in [0.05, 0.1) is 12.1 Å². The van der Waals surface area contributed by atoms with Crippen LogP contribution in [0, 0.1) is 11.3 Å². The molecule has 0 spiro atoms. The summed E-state index contributed by atoms with van der Waals surface area (Å²) in [6, 6.07) is 13.3. The number of benzene rings is 1. The summed E-state index contributed by atoms with van der Waals surface area (Å²) in [5.74, 6) is 0. The molecule has 0 N–H and O–H groups in total. The predicted molar refractivity (Wildman–Crippen MR) is 74.8 cm³/mol. The molecule has 0 fully saturated rings. The molecule has 1 aliphatic heterocycles. The van der Waals surface area contributed by atoms with Crippen LogP contribution in [-0.4, -0.2) is 6.04 Å². The molecule has 0 aliphatic carbocycles. The third kappa shape index (κ3) is 1.89. The molecule has 2 aromatic rings. The first-order valence-electron chi connectivity index (χ1n) is 6.10. The molecule has 1 atom stereocenters. The maximum Gasteiger partial charge on any atom is 0.100 e. The van der Waals surface area contributed by atoms with Crippen molar-refractivity contribution in [3.05, 3.63) is 51.7 Å². The van der Waals surface area contributed by atoms with Gasteiger partial charge in [-0.1, -0.05) is 18.2 Å². The molecule has 1 aliphatic rings. The fourth-order valence-corrected chi connectivity index (χ4v) is 3.37. The Labute approximate surface area is 111 Å². The van der Waals surface area contributed by atoms with Crippen LogP contribution in [-0.2, 0) is 13.0 Å². The Kier molecular flexibility index (Phi) is 2.81. The van der Waals surface area contributed by atoms with E-state index in [1.807, 2.05) is 11.4 Å². The molecule has 90 valence electrons. The molecular weight excluding hydrogens is 240 g/mol. The van der Waals surface area contributed by atoms with Crippen molar-refractivity contribution >= 4 is 17.0 Å². The molecule has 0 bridgehead atoms. The van der Waals surface area contributed by atoms with Gasteiger partial charge in [-0.3, -0.25) is 0 Å². The van der Waals surface area contributed by atoms with E-state index >= 15 is 0 Å². The van der Waals surface area contributed by atoms with E-state index in [1.165, 1.54) is 16.1 Å². The number of anilines is 1. The average Bonchev–Trinajstić information content (AvgIpc) is 2.96. The Morgan fingerprint density at radius 2 is 2.28 bits per heavy atom. The molecule has 0 saturated carbocycles. The first-order valence-corrected chi connectivity index (χ1v) is 6.98. The molecule has 2 heterocycles. The van der Waals surface area contributed by atoms with Crippen LogP contribution in [0.15, 0.2) is 35.7 Å². The second-order valence-corrected chi connectivity index (χ2v) is 5.72. The average molecular weight is 254 g/mol. The lowest BCUT2D eigenvalue weighted by Gasteiger charge is -2.24. The highest BCUT2D eigenvalue weighted by atomic mass is 32.1. The van der Waals surface area contributed by atoms with Crippen molar-refractivity contribution in [2.75, 3.05) is 4.90 Å².